The van der Waals surface area contributed by atoms with E-state index in [9.17, 15) is 4.79 Å². The molecule has 0 aliphatic rings. The highest BCUT2D eigenvalue weighted by Crippen LogP contribution is 2.10. The van der Waals surface area contributed by atoms with Crippen LogP contribution in [0.2, 0.25) is 5.02 Å². The summed E-state index contributed by atoms with van der Waals surface area (Å²) < 4.78 is 1.69. The van der Waals surface area contributed by atoms with E-state index in [1.165, 1.54) is 0 Å². The second kappa shape index (κ2) is 5.89. The minimum Gasteiger partial charge on any atom is -0.352 e. The van der Waals surface area contributed by atoms with Crippen molar-refractivity contribution in [2.45, 2.75) is 13.3 Å². The summed E-state index contributed by atoms with van der Waals surface area (Å²) in [4.78, 5) is 11.9. The Labute approximate surface area is 117 Å². The SMILES string of the molecule is Cc1c(C(=O)NCCc2ccc(Cl)cc2)cnn1C. The zero-order valence-electron chi connectivity index (χ0n) is 11.0. The summed E-state index contributed by atoms with van der Waals surface area (Å²) in [6, 6.07) is 7.63. The van der Waals surface area contributed by atoms with E-state index in [0.717, 1.165) is 22.7 Å². The molecule has 19 heavy (non-hydrogen) atoms. The monoisotopic (exact) mass is 277 g/mol. The van der Waals surface area contributed by atoms with Crippen molar-refractivity contribution in [3.05, 3.63) is 52.3 Å². The lowest BCUT2D eigenvalue weighted by Crippen LogP contribution is -2.26. The van der Waals surface area contributed by atoms with Crippen molar-refractivity contribution in [3.63, 3.8) is 0 Å². The van der Waals surface area contributed by atoms with Gasteiger partial charge in [0.2, 0.25) is 0 Å². The van der Waals surface area contributed by atoms with Crippen LogP contribution in [0.3, 0.4) is 0 Å². The van der Waals surface area contributed by atoms with E-state index in [1.807, 2.05) is 38.2 Å². The van der Waals surface area contributed by atoms with E-state index in [1.54, 1.807) is 10.9 Å². The molecule has 0 bridgehead atoms. The van der Waals surface area contributed by atoms with Gasteiger partial charge >= 0.3 is 0 Å². The normalized spacial score (nSPS) is 10.5. The van der Waals surface area contributed by atoms with Crippen LogP contribution in [0.1, 0.15) is 21.6 Å². The average molecular weight is 278 g/mol. The van der Waals surface area contributed by atoms with Crippen molar-refractivity contribution >= 4 is 17.5 Å². The molecule has 2 aromatic rings. The van der Waals surface area contributed by atoms with Gasteiger partial charge in [0, 0.05) is 24.3 Å². The Bertz CT molecular complexity index is 575. The lowest BCUT2D eigenvalue weighted by molar-refractivity contribution is 0.0953. The van der Waals surface area contributed by atoms with Crippen molar-refractivity contribution < 1.29 is 4.79 Å². The molecule has 0 aliphatic heterocycles. The number of aryl methyl sites for hydroxylation is 1. The first kappa shape index (κ1) is 13.6. The molecule has 100 valence electrons. The fraction of sp³-hybridized carbons (Fsp3) is 0.286. The van der Waals surface area contributed by atoms with Gasteiger partial charge in [-0.2, -0.15) is 5.10 Å². The Morgan fingerprint density at radius 3 is 2.63 bits per heavy atom. The van der Waals surface area contributed by atoms with Crippen molar-refractivity contribution in [1.82, 2.24) is 15.1 Å². The van der Waals surface area contributed by atoms with Gasteiger partial charge < -0.3 is 5.32 Å². The minimum atomic E-state index is -0.0837. The molecule has 5 heteroatoms. The molecular weight excluding hydrogens is 262 g/mol. The summed E-state index contributed by atoms with van der Waals surface area (Å²) in [6.45, 7) is 2.47. The number of nitrogens with zero attached hydrogens (tertiary/aromatic N) is 2. The van der Waals surface area contributed by atoms with Crippen LogP contribution in [0, 0.1) is 6.92 Å². The summed E-state index contributed by atoms with van der Waals surface area (Å²) in [6.07, 6.45) is 2.37. The number of nitrogens with one attached hydrogen (secondary N) is 1. The van der Waals surface area contributed by atoms with Crippen LogP contribution in [0.5, 0.6) is 0 Å². The zero-order chi connectivity index (χ0) is 13.8. The molecule has 0 saturated heterocycles. The van der Waals surface area contributed by atoms with Crippen molar-refractivity contribution in [3.8, 4) is 0 Å². The third-order valence-corrected chi connectivity index (χ3v) is 3.34. The van der Waals surface area contributed by atoms with Crippen LogP contribution in [0.15, 0.2) is 30.5 Å². The predicted molar refractivity (Wildman–Crippen MR) is 75.4 cm³/mol. The third kappa shape index (κ3) is 3.35. The number of amides is 1. The number of carbonyl (C=O) groups excluding carboxylic acids is 1. The summed E-state index contributed by atoms with van der Waals surface area (Å²) in [5, 5.41) is 7.67. The molecule has 0 unspecified atom stereocenters. The van der Waals surface area contributed by atoms with E-state index >= 15 is 0 Å². The molecule has 0 spiro atoms. The van der Waals surface area contributed by atoms with Gasteiger partial charge in [0.25, 0.3) is 5.91 Å². The molecular formula is C14H16ClN3O. The van der Waals surface area contributed by atoms with Gasteiger partial charge in [0.05, 0.1) is 11.8 Å². The van der Waals surface area contributed by atoms with E-state index < -0.39 is 0 Å². The summed E-state index contributed by atoms with van der Waals surface area (Å²) in [7, 11) is 1.82. The number of aromatic nitrogens is 2. The van der Waals surface area contributed by atoms with Crippen LogP contribution < -0.4 is 5.32 Å². The molecule has 2 rings (SSSR count). The molecule has 0 aliphatic carbocycles. The molecule has 1 aromatic carbocycles. The fourth-order valence-corrected chi connectivity index (χ4v) is 1.91. The van der Waals surface area contributed by atoms with Crippen LogP contribution in [-0.2, 0) is 13.5 Å². The largest absolute Gasteiger partial charge is 0.352 e. The Balaban J connectivity index is 1.87. The van der Waals surface area contributed by atoms with Gasteiger partial charge in [-0.05, 0) is 31.0 Å². The van der Waals surface area contributed by atoms with E-state index in [2.05, 4.69) is 10.4 Å². The highest BCUT2D eigenvalue weighted by Gasteiger charge is 2.11. The van der Waals surface area contributed by atoms with Gasteiger partial charge in [-0.25, -0.2) is 0 Å². The van der Waals surface area contributed by atoms with Crippen LogP contribution in [-0.4, -0.2) is 22.2 Å². The molecule has 1 amide bonds. The van der Waals surface area contributed by atoms with E-state index in [4.69, 9.17) is 11.6 Å². The highest BCUT2D eigenvalue weighted by molar-refractivity contribution is 6.30. The van der Waals surface area contributed by atoms with Crippen molar-refractivity contribution in [2.24, 2.45) is 7.05 Å². The fourth-order valence-electron chi connectivity index (χ4n) is 1.79. The smallest absolute Gasteiger partial charge is 0.254 e. The molecule has 0 radical (unpaired) electrons. The van der Waals surface area contributed by atoms with Gasteiger partial charge in [-0.1, -0.05) is 23.7 Å². The third-order valence-electron chi connectivity index (χ3n) is 3.09. The van der Waals surface area contributed by atoms with Crippen molar-refractivity contribution in [1.29, 1.82) is 0 Å². The number of carbonyl (C=O) groups is 1. The first-order valence-corrected chi connectivity index (χ1v) is 6.47. The Morgan fingerprint density at radius 2 is 2.05 bits per heavy atom. The summed E-state index contributed by atoms with van der Waals surface area (Å²) in [5.74, 6) is -0.0837. The maximum atomic E-state index is 11.9. The standard InChI is InChI=1S/C14H16ClN3O/c1-10-13(9-17-18(10)2)14(19)16-8-7-11-3-5-12(15)6-4-11/h3-6,9H,7-8H2,1-2H3,(H,16,19). The summed E-state index contributed by atoms with van der Waals surface area (Å²) in [5.41, 5.74) is 2.63. The molecule has 4 nitrogen and oxygen atoms in total. The number of benzene rings is 1. The number of hydrogen-bond donors (Lipinski definition) is 1. The van der Waals surface area contributed by atoms with Crippen LogP contribution in [0.25, 0.3) is 0 Å². The Kier molecular flexibility index (Phi) is 4.22. The van der Waals surface area contributed by atoms with E-state index in [-0.39, 0.29) is 5.91 Å². The highest BCUT2D eigenvalue weighted by atomic mass is 35.5. The van der Waals surface area contributed by atoms with Gasteiger partial charge in [-0.15, -0.1) is 0 Å². The van der Waals surface area contributed by atoms with Gasteiger partial charge in [0.1, 0.15) is 0 Å². The lowest BCUT2D eigenvalue weighted by Gasteiger charge is -2.05. The van der Waals surface area contributed by atoms with E-state index in [0.29, 0.717) is 12.1 Å². The maximum absolute atomic E-state index is 11.9. The molecule has 1 heterocycles. The Hall–Kier alpha value is -1.81. The molecule has 0 saturated carbocycles. The minimum absolute atomic E-state index is 0.0837. The zero-order valence-corrected chi connectivity index (χ0v) is 11.7. The van der Waals surface area contributed by atoms with Crippen LogP contribution >= 0.6 is 11.6 Å². The van der Waals surface area contributed by atoms with Crippen molar-refractivity contribution in [2.75, 3.05) is 6.54 Å². The molecule has 1 N–H and O–H groups in total. The maximum Gasteiger partial charge on any atom is 0.254 e. The molecule has 1 aromatic heterocycles. The lowest BCUT2D eigenvalue weighted by atomic mass is 10.1. The second-order valence-electron chi connectivity index (χ2n) is 4.40. The average Bonchev–Trinajstić information content (AvgIpc) is 2.72. The van der Waals surface area contributed by atoms with Gasteiger partial charge in [-0.3, -0.25) is 9.48 Å². The first-order valence-electron chi connectivity index (χ1n) is 6.09. The number of rotatable bonds is 4. The number of halogens is 1. The Morgan fingerprint density at radius 1 is 1.37 bits per heavy atom. The predicted octanol–water partition coefficient (Wildman–Crippen LogP) is 2.35. The van der Waals surface area contributed by atoms with Crippen LogP contribution in [0.4, 0.5) is 0 Å². The van der Waals surface area contributed by atoms with Gasteiger partial charge in [0.15, 0.2) is 0 Å². The molecule has 0 atom stereocenters. The quantitative estimate of drug-likeness (QED) is 0.932. The number of hydrogen-bond acceptors (Lipinski definition) is 2. The first-order chi connectivity index (χ1) is 9.08. The summed E-state index contributed by atoms with van der Waals surface area (Å²) >= 11 is 5.82. The second-order valence-corrected chi connectivity index (χ2v) is 4.84. The molecule has 0 fully saturated rings. The topological polar surface area (TPSA) is 46.9 Å².